The molecule has 0 radical (unpaired) electrons. The lowest BCUT2D eigenvalue weighted by molar-refractivity contribution is 0.184. The van der Waals surface area contributed by atoms with Crippen LogP contribution in [0.2, 0.25) is 0 Å². The third-order valence-corrected chi connectivity index (χ3v) is 2.84. The molecule has 0 unspecified atom stereocenters. The highest BCUT2D eigenvalue weighted by Crippen LogP contribution is 2.32. The molecule has 1 heterocycles. The van der Waals surface area contributed by atoms with Gasteiger partial charge in [0.2, 0.25) is 0 Å². The molecule has 0 spiro atoms. The van der Waals surface area contributed by atoms with Crippen LogP contribution in [-0.4, -0.2) is 18.8 Å². The summed E-state index contributed by atoms with van der Waals surface area (Å²) in [5.41, 5.74) is 0.670. The zero-order valence-electron chi connectivity index (χ0n) is 9.86. The van der Waals surface area contributed by atoms with Gasteiger partial charge in [-0.3, -0.25) is 10.6 Å². The van der Waals surface area contributed by atoms with Crippen LogP contribution in [-0.2, 0) is 0 Å². The fourth-order valence-corrected chi connectivity index (χ4v) is 2.13. The molecule has 13 heavy (non-hydrogen) atoms. The minimum Gasteiger partial charge on any atom is -0.300 e. The Morgan fingerprint density at radius 2 is 1.08 bits per heavy atom. The maximum atomic E-state index is 3.54. The average Bonchev–Trinajstić information content (AvgIpc) is 2.27. The maximum absolute atomic E-state index is 3.54. The third-order valence-electron chi connectivity index (χ3n) is 2.84. The van der Waals surface area contributed by atoms with Gasteiger partial charge in [-0.05, 0) is 10.8 Å². The molecule has 0 aromatic rings. The molecular weight excluding hydrogens is 160 g/mol. The molecule has 0 amide bonds. The molecule has 1 fully saturated rings. The quantitative estimate of drug-likeness (QED) is 0.601. The van der Waals surface area contributed by atoms with Crippen molar-refractivity contribution < 1.29 is 0 Å². The van der Waals surface area contributed by atoms with Gasteiger partial charge in [0.25, 0.3) is 0 Å². The maximum Gasteiger partial charge on any atom is 0.0459 e. The number of rotatable bonds is 0. The van der Waals surface area contributed by atoms with Crippen LogP contribution in [0.5, 0.6) is 0 Å². The second-order valence-corrected chi connectivity index (χ2v) is 6.27. The molecular formula is C11H24N2. The molecule has 1 aliphatic heterocycles. The van der Waals surface area contributed by atoms with E-state index in [1.54, 1.807) is 0 Å². The van der Waals surface area contributed by atoms with E-state index in [1.807, 2.05) is 0 Å². The van der Waals surface area contributed by atoms with E-state index in [2.05, 4.69) is 52.2 Å². The third kappa shape index (κ3) is 2.44. The Labute approximate surface area is 82.5 Å². The van der Waals surface area contributed by atoms with Crippen molar-refractivity contribution in [1.29, 1.82) is 0 Å². The summed E-state index contributed by atoms with van der Waals surface area (Å²) in [6.07, 6.45) is 0. The lowest BCUT2D eigenvalue weighted by Crippen LogP contribution is -2.50. The first-order valence-corrected chi connectivity index (χ1v) is 5.20. The smallest absolute Gasteiger partial charge is 0.0459 e. The Morgan fingerprint density at radius 1 is 0.769 bits per heavy atom. The van der Waals surface area contributed by atoms with Crippen molar-refractivity contribution in [3.8, 4) is 0 Å². The van der Waals surface area contributed by atoms with E-state index in [0.717, 1.165) is 6.67 Å². The molecule has 1 rings (SSSR count). The van der Waals surface area contributed by atoms with Gasteiger partial charge in [0, 0.05) is 18.8 Å². The fourth-order valence-electron chi connectivity index (χ4n) is 2.13. The molecule has 0 aromatic carbocycles. The monoisotopic (exact) mass is 184 g/mol. The van der Waals surface area contributed by atoms with Gasteiger partial charge in [0.15, 0.2) is 0 Å². The van der Waals surface area contributed by atoms with E-state index in [-0.39, 0.29) is 0 Å². The largest absolute Gasteiger partial charge is 0.300 e. The topological polar surface area (TPSA) is 24.1 Å². The summed E-state index contributed by atoms with van der Waals surface area (Å²) in [5.74, 6) is 0. The van der Waals surface area contributed by atoms with Crippen molar-refractivity contribution in [3.05, 3.63) is 0 Å². The predicted molar refractivity (Wildman–Crippen MR) is 57.6 cm³/mol. The van der Waals surface area contributed by atoms with Gasteiger partial charge in [-0.1, -0.05) is 41.5 Å². The van der Waals surface area contributed by atoms with Crippen molar-refractivity contribution in [1.82, 2.24) is 10.6 Å². The first kappa shape index (κ1) is 11.0. The fraction of sp³-hybridized carbons (Fsp3) is 1.00. The van der Waals surface area contributed by atoms with Crippen LogP contribution in [0.3, 0.4) is 0 Å². The Morgan fingerprint density at radius 3 is 1.31 bits per heavy atom. The van der Waals surface area contributed by atoms with E-state index < -0.39 is 0 Å². The Balaban J connectivity index is 2.76. The number of hydrogen-bond acceptors (Lipinski definition) is 2. The molecule has 1 aliphatic rings. The van der Waals surface area contributed by atoms with Crippen LogP contribution in [0.4, 0.5) is 0 Å². The van der Waals surface area contributed by atoms with Gasteiger partial charge in [0.05, 0.1) is 0 Å². The SMILES string of the molecule is CC(C)(C)[C@H]1NCN[C@@H]1C(C)(C)C. The van der Waals surface area contributed by atoms with Crippen LogP contribution in [0.25, 0.3) is 0 Å². The van der Waals surface area contributed by atoms with Gasteiger partial charge in [-0.15, -0.1) is 0 Å². The van der Waals surface area contributed by atoms with E-state index >= 15 is 0 Å². The molecule has 0 saturated carbocycles. The molecule has 2 N–H and O–H groups in total. The van der Waals surface area contributed by atoms with E-state index in [1.165, 1.54) is 0 Å². The molecule has 2 nitrogen and oxygen atoms in total. The van der Waals surface area contributed by atoms with Crippen molar-refractivity contribution in [2.45, 2.75) is 53.6 Å². The summed E-state index contributed by atoms with van der Waals surface area (Å²) >= 11 is 0. The molecule has 0 aliphatic carbocycles. The first-order valence-electron chi connectivity index (χ1n) is 5.20. The predicted octanol–water partition coefficient (Wildman–Crippen LogP) is 1.97. The van der Waals surface area contributed by atoms with Gasteiger partial charge < -0.3 is 0 Å². The molecule has 0 aromatic heterocycles. The summed E-state index contributed by atoms with van der Waals surface area (Å²) in [7, 11) is 0. The normalized spacial score (nSPS) is 30.9. The van der Waals surface area contributed by atoms with Crippen LogP contribution in [0, 0.1) is 10.8 Å². The van der Waals surface area contributed by atoms with Gasteiger partial charge in [0.1, 0.15) is 0 Å². The second kappa shape index (κ2) is 3.25. The van der Waals surface area contributed by atoms with Crippen molar-refractivity contribution in [3.63, 3.8) is 0 Å². The van der Waals surface area contributed by atoms with Crippen LogP contribution in [0.1, 0.15) is 41.5 Å². The summed E-state index contributed by atoms with van der Waals surface area (Å²) in [6, 6.07) is 1.15. The molecule has 78 valence electrons. The summed E-state index contributed by atoms with van der Waals surface area (Å²) in [5, 5.41) is 7.08. The molecule has 2 atom stereocenters. The Hall–Kier alpha value is -0.0800. The number of nitrogens with one attached hydrogen (secondary N) is 2. The molecule has 2 heteroatoms. The highest BCUT2D eigenvalue weighted by molar-refractivity contribution is 5.00. The minimum atomic E-state index is 0.335. The van der Waals surface area contributed by atoms with E-state index in [0.29, 0.717) is 22.9 Å². The summed E-state index contributed by atoms with van der Waals surface area (Å²) in [6.45, 7) is 14.8. The van der Waals surface area contributed by atoms with Gasteiger partial charge in [-0.2, -0.15) is 0 Å². The zero-order chi connectivity index (χ0) is 10.3. The van der Waals surface area contributed by atoms with E-state index in [4.69, 9.17) is 0 Å². The van der Waals surface area contributed by atoms with E-state index in [9.17, 15) is 0 Å². The van der Waals surface area contributed by atoms with Crippen LogP contribution in [0.15, 0.2) is 0 Å². The summed E-state index contributed by atoms with van der Waals surface area (Å²) in [4.78, 5) is 0. The lowest BCUT2D eigenvalue weighted by atomic mass is 9.74. The van der Waals surface area contributed by atoms with Crippen molar-refractivity contribution in [2.75, 3.05) is 6.67 Å². The van der Waals surface area contributed by atoms with Crippen LogP contribution >= 0.6 is 0 Å². The highest BCUT2D eigenvalue weighted by Gasteiger charge is 2.41. The Bertz CT molecular complexity index is 154. The summed E-state index contributed by atoms with van der Waals surface area (Å²) < 4.78 is 0. The Kier molecular flexibility index (Phi) is 2.75. The van der Waals surface area contributed by atoms with Crippen molar-refractivity contribution >= 4 is 0 Å². The first-order chi connectivity index (χ1) is 5.73. The van der Waals surface area contributed by atoms with Gasteiger partial charge in [-0.25, -0.2) is 0 Å². The van der Waals surface area contributed by atoms with Gasteiger partial charge >= 0.3 is 0 Å². The van der Waals surface area contributed by atoms with Crippen molar-refractivity contribution in [2.24, 2.45) is 10.8 Å². The minimum absolute atomic E-state index is 0.335. The zero-order valence-corrected chi connectivity index (χ0v) is 9.86. The number of hydrogen-bond donors (Lipinski definition) is 2. The lowest BCUT2D eigenvalue weighted by Gasteiger charge is -2.38. The second-order valence-electron chi connectivity index (χ2n) is 6.27. The average molecular weight is 184 g/mol. The standard InChI is InChI=1S/C11H24N2/c1-10(2,3)8-9(11(4,5)6)13-7-12-8/h8-9,12-13H,7H2,1-6H3/t8-,9-/m0/s1. The molecule has 1 saturated heterocycles. The van der Waals surface area contributed by atoms with Crippen LogP contribution < -0.4 is 10.6 Å². The highest BCUT2D eigenvalue weighted by atomic mass is 15.2. The molecule has 0 bridgehead atoms.